The van der Waals surface area contributed by atoms with Gasteiger partial charge in [-0.3, -0.25) is 4.79 Å². The maximum absolute atomic E-state index is 13.6. The van der Waals surface area contributed by atoms with Crippen LogP contribution in [0.1, 0.15) is 15.9 Å². The molecule has 0 saturated heterocycles. The maximum Gasteiger partial charge on any atom is 0.258 e. The lowest BCUT2D eigenvalue weighted by atomic mass is 10.1. The SMILES string of the molecule is Cc1cc(C(=O)Nc2c(N)cc(F)cc2F)c(F)cc1F. The Morgan fingerprint density at radius 1 is 1.00 bits per heavy atom. The maximum atomic E-state index is 13.6. The first-order valence-corrected chi connectivity index (χ1v) is 5.81. The van der Waals surface area contributed by atoms with Crippen molar-refractivity contribution in [2.75, 3.05) is 11.1 Å². The zero-order chi connectivity index (χ0) is 15.7. The van der Waals surface area contributed by atoms with Gasteiger partial charge in [-0.15, -0.1) is 0 Å². The Bertz CT molecular complexity index is 708. The third-order valence-corrected chi connectivity index (χ3v) is 2.82. The number of nitrogens with two attached hydrogens (primary N) is 1. The lowest BCUT2D eigenvalue weighted by Gasteiger charge is -2.10. The predicted molar refractivity (Wildman–Crippen MR) is 69.8 cm³/mol. The van der Waals surface area contributed by atoms with Gasteiger partial charge in [0.2, 0.25) is 0 Å². The molecule has 0 bridgehead atoms. The van der Waals surface area contributed by atoms with E-state index < -0.39 is 40.4 Å². The zero-order valence-electron chi connectivity index (χ0n) is 10.8. The number of anilines is 2. The molecule has 0 heterocycles. The summed E-state index contributed by atoms with van der Waals surface area (Å²) in [4.78, 5) is 11.9. The standard InChI is InChI=1S/C14H10F4N2O/c1-6-2-8(10(17)5-9(6)16)14(21)20-13-11(18)3-7(15)4-12(13)19/h2-5H,19H2,1H3,(H,20,21). The molecule has 0 fully saturated rings. The first kappa shape index (κ1) is 14.8. The lowest BCUT2D eigenvalue weighted by Crippen LogP contribution is -2.16. The number of carbonyl (C=O) groups is 1. The highest BCUT2D eigenvalue weighted by molar-refractivity contribution is 6.06. The molecule has 3 nitrogen and oxygen atoms in total. The van der Waals surface area contributed by atoms with E-state index in [1.54, 1.807) is 0 Å². The minimum Gasteiger partial charge on any atom is -0.397 e. The smallest absolute Gasteiger partial charge is 0.258 e. The van der Waals surface area contributed by atoms with Crippen LogP contribution in [0.2, 0.25) is 0 Å². The monoisotopic (exact) mass is 298 g/mol. The van der Waals surface area contributed by atoms with Crippen LogP contribution in [0.5, 0.6) is 0 Å². The minimum atomic E-state index is -1.10. The van der Waals surface area contributed by atoms with Gasteiger partial charge in [0.1, 0.15) is 23.1 Å². The van der Waals surface area contributed by atoms with Gasteiger partial charge < -0.3 is 11.1 Å². The van der Waals surface area contributed by atoms with Crippen molar-refractivity contribution in [1.29, 1.82) is 0 Å². The third kappa shape index (κ3) is 2.96. The van der Waals surface area contributed by atoms with E-state index in [4.69, 9.17) is 5.73 Å². The van der Waals surface area contributed by atoms with Crippen LogP contribution in [0.4, 0.5) is 28.9 Å². The number of nitrogens with one attached hydrogen (secondary N) is 1. The number of halogens is 4. The summed E-state index contributed by atoms with van der Waals surface area (Å²) in [6.45, 7) is 1.35. The van der Waals surface area contributed by atoms with Crippen molar-refractivity contribution < 1.29 is 22.4 Å². The van der Waals surface area contributed by atoms with Gasteiger partial charge in [0.25, 0.3) is 5.91 Å². The second-order valence-electron chi connectivity index (χ2n) is 4.39. The number of carbonyl (C=O) groups excluding carboxylic acids is 1. The topological polar surface area (TPSA) is 55.1 Å². The Morgan fingerprint density at radius 2 is 1.67 bits per heavy atom. The van der Waals surface area contributed by atoms with Crippen molar-refractivity contribution in [3.63, 3.8) is 0 Å². The summed E-state index contributed by atoms with van der Waals surface area (Å²) < 4.78 is 53.1. The zero-order valence-corrected chi connectivity index (χ0v) is 10.8. The molecule has 3 N–H and O–H groups in total. The van der Waals surface area contributed by atoms with Crippen LogP contribution in [0.3, 0.4) is 0 Å². The van der Waals surface area contributed by atoms with Crippen molar-refractivity contribution in [2.45, 2.75) is 6.92 Å². The van der Waals surface area contributed by atoms with Crippen molar-refractivity contribution in [3.05, 3.63) is 58.7 Å². The Labute approximate surface area is 117 Å². The number of nitrogen functional groups attached to an aromatic ring is 1. The fourth-order valence-corrected chi connectivity index (χ4v) is 1.74. The number of amides is 1. The van der Waals surface area contributed by atoms with Gasteiger partial charge in [0.05, 0.1) is 11.3 Å². The Balaban J connectivity index is 2.37. The summed E-state index contributed by atoms with van der Waals surface area (Å²) in [6.07, 6.45) is 0. The molecule has 110 valence electrons. The molecule has 0 aliphatic heterocycles. The van der Waals surface area contributed by atoms with Gasteiger partial charge in [0.15, 0.2) is 5.82 Å². The van der Waals surface area contributed by atoms with E-state index in [0.29, 0.717) is 12.1 Å². The molecule has 7 heteroatoms. The van der Waals surface area contributed by atoms with Gasteiger partial charge in [-0.2, -0.15) is 0 Å². The molecule has 0 saturated carbocycles. The highest BCUT2D eigenvalue weighted by Gasteiger charge is 2.18. The van der Waals surface area contributed by atoms with Crippen molar-refractivity contribution in [2.24, 2.45) is 0 Å². The molecule has 0 aliphatic rings. The highest BCUT2D eigenvalue weighted by Crippen LogP contribution is 2.25. The number of rotatable bonds is 2. The molecule has 2 rings (SSSR count). The first-order valence-electron chi connectivity index (χ1n) is 5.81. The number of hydrogen-bond donors (Lipinski definition) is 2. The van der Waals surface area contributed by atoms with E-state index in [-0.39, 0.29) is 11.3 Å². The second kappa shape index (κ2) is 5.43. The molecular formula is C14H10F4N2O. The van der Waals surface area contributed by atoms with E-state index >= 15 is 0 Å². The van der Waals surface area contributed by atoms with Gasteiger partial charge in [-0.05, 0) is 24.6 Å². The van der Waals surface area contributed by atoms with Crippen molar-refractivity contribution in [3.8, 4) is 0 Å². The fourth-order valence-electron chi connectivity index (χ4n) is 1.74. The Hall–Kier alpha value is -2.57. The van der Waals surface area contributed by atoms with Gasteiger partial charge in [-0.1, -0.05) is 0 Å². The summed E-state index contributed by atoms with van der Waals surface area (Å²) in [6, 6.07) is 2.87. The average molecular weight is 298 g/mol. The van der Waals surface area contributed by atoms with E-state index in [2.05, 4.69) is 0 Å². The van der Waals surface area contributed by atoms with E-state index in [1.807, 2.05) is 5.32 Å². The first-order chi connectivity index (χ1) is 9.79. The minimum absolute atomic E-state index is 0.0501. The molecule has 0 unspecified atom stereocenters. The van der Waals surface area contributed by atoms with Crippen LogP contribution in [-0.4, -0.2) is 5.91 Å². The summed E-state index contributed by atoms with van der Waals surface area (Å²) in [5.74, 6) is -4.94. The quantitative estimate of drug-likeness (QED) is 0.659. The predicted octanol–water partition coefficient (Wildman–Crippen LogP) is 3.39. The lowest BCUT2D eigenvalue weighted by molar-refractivity contribution is 0.102. The Morgan fingerprint density at radius 3 is 2.29 bits per heavy atom. The summed E-state index contributed by atoms with van der Waals surface area (Å²) in [7, 11) is 0. The second-order valence-corrected chi connectivity index (χ2v) is 4.39. The van der Waals surface area contributed by atoms with Crippen LogP contribution in [0.25, 0.3) is 0 Å². The molecule has 0 radical (unpaired) electrons. The van der Waals surface area contributed by atoms with Gasteiger partial charge in [0, 0.05) is 12.1 Å². The van der Waals surface area contributed by atoms with E-state index in [9.17, 15) is 22.4 Å². The molecule has 0 spiro atoms. The van der Waals surface area contributed by atoms with Crippen LogP contribution < -0.4 is 11.1 Å². The third-order valence-electron chi connectivity index (χ3n) is 2.82. The number of aryl methyl sites for hydroxylation is 1. The van der Waals surface area contributed by atoms with Crippen LogP contribution in [-0.2, 0) is 0 Å². The van der Waals surface area contributed by atoms with Crippen molar-refractivity contribution in [1.82, 2.24) is 0 Å². The Kier molecular flexibility index (Phi) is 3.84. The van der Waals surface area contributed by atoms with Crippen LogP contribution in [0, 0.1) is 30.2 Å². The molecule has 2 aromatic carbocycles. The molecule has 0 aliphatic carbocycles. The number of benzene rings is 2. The molecule has 0 aromatic heterocycles. The molecular weight excluding hydrogens is 288 g/mol. The average Bonchev–Trinajstić information content (AvgIpc) is 2.37. The van der Waals surface area contributed by atoms with E-state index in [1.165, 1.54) is 6.92 Å². The van der Waals surface area contributed by atoms with Crippen LogP contribution >= 0.6 is 0 Å². The van der Waals surface area contributed by atoms with E-state index in [0.717, 1.165) is 12.1 Å². The highest BCUT2D eigenvalue weighted by atomic mass is 19.1. The van der Waals surface area contributed by atoms with Crippen LogP contribution in [0.15, 0.2) is 24.3 Å². The van der Waals surface area contributed by atoms with Gasteiger partial charge >= 0.3 is 0 Å². The summed E-state index contributed by atoms with van der Waals surface area (Å²) in [5, 5.41) is 2.04. The summed E-state index contributed by atoms with van der Waals surface area (Å²) in [5.41, 5.74) is 4.15. The molecule has 0 atom stereocenters. The normalized spacial score (nSPS) is 10.5. The largest absolute Gasteiger partial charge is 0.397 e. The van der Waals surface area contributed by atoms with Gasteiger partial charge in [-0.25, -0.2) is 17.6 Å². The summed E-state index contributed by atoms with van der Waals surface area (Å²) >= 11 is 0. The molecule has 2 aromatic rings. The fraction of sp³-hybridized carbons (Fsp3) is 0.0714. The molecule has 1 amide bonds. The number of hydrogen-bond acceptors (Lipinski definition) is 2. The molecule has 21 heavy (non-hydrogen) atoms. The van der Waals surface area contributed by atoms with Crippen molar-refractivity contribution >= 4 is 17.3 Å².